The number of rotatable bonds is 6. The van der Waals surface area contributed by atoms with Gasteiger partial charge in [-0.1, -0.05) is 12.1 Å². The van der Waals surface area contributed by atoms with E-state index in [4.69, 9.17) is 13.9 Å². The molecule has 1 fully saturated rings. The second kappa shape index (κ2) is 7.39. The van der Waals surface area contributed by atoms with E-state index in [0.717, 1.165) is 25.0 Å². The van der Waals surface area contributed by atoms with Crippen molar-refractivity contribution in [3.8, 4) is 11.5 Å². The van der Waals surface area contributed by atoms with Crippen LogP contribution in [0.5, 0.6) is 0 Å². The lowest BCUT2D eigenvalue weighted by Gasteiger charge is -2.17. The maximum Gasteiger partial charge on any atom is 0.253 e. The van der Waals surface area contributed by atoms with Gasteiger partial charge in [0, 0.05) is 6.61 Å². The molecule has 1 aromatic carbocycles. The summed E-state index contributed by atoms with van der Waals surface area (Å²) in [7, 11) is 0. The molecular formula is C17H20N2O4. The third-order valence-electron chi connectivity index (χ3n) is 3.77. The van der Waals surface area contributed by atoms with Gasteiger partial charge in [-0.15, -0.1) is 0 Å². The van der Waals surface area contributed by atoms with E-state index in [-0.39, 0.29) is 12.0 Å². The lowest BCUT2D eigenvalue weighted by atomic mass is 10.1. The summed E-state index contributed by atoms with van der Waals surface area (Å²) < 4.78 is 16.4. The number of carbonyl (C=O) groups excluding carboxylic acids is 1. The summed E-state index contributed by atoms with van der Waals surface area (Å²) in [6, 6.07) is 7.37. The summed E-state index contributed by atoms with van der Waals surface area (Å²) in [5.41, 5.74) is 1.38. The average Bonchev–Trinajstić information content (AvgIpc) is 3.26. The molecule has 1 aliphatic rings. The molecule has 0 saturated carbocycles. The van der Waals surface area contributed by atoms with Crippen LogP contribution in [0.25, 0.3) is 11.5 Å². The van der Waals surface area contributed by atoms with Gasteiger partial charge in [-0.3, -0.25) is 4.79 Å². The molecule has 1 saturated heterocycles. The maximum absolute atomic E-state index is 12.3. The minimum Gasteiger partial charge on any atom is -0.444 e. The average molecular weight is 316 g/mol. The fourth-order valence-electron chi connectivity index (χ4n) is 2.47. The fourth-order valence-corrected chi connectivity index (χ4v) is 2.47. The van der Waals surface area contributed by atoms with Crippen molar-refractivity contribution in [3.05, 3.63) is 36.7 Å². The molecule has 1 aliphatic heterocycles. The number of benzene rings is 1. The highest BCUT2D eigenvalue weighted by molar-refractivity contribution is 5.97. The van der Waals surface area contributed by atoms with Crippen LogP contribution in [0.15, 0.2) is 41.1 Å². The van der Waals surface area contributed by atoms with Crippen molar-refractivity contribution in [3.63, 3.8) is 0 Å². The molecule has 1 amide bonds. The van der Waals surface area contributed by atoms with Gasteiger partial charge in [0.15, 0.2) is 0 Å². The summed E-state index contributed by atoms with van der Waals surface area (Å²) in [6.45, 7) is 2.95. The summed E-state index contributed by atoms with van der Waals surface area (Å²) in [4.78, 5) is 16.4. The number of ether oxygens (including phenoxy) is 2. The predicted octanol–water partition coefficient (Wildman–Crippen LogP) is 2.86. The molecule has 1 aromatic heterocycles. The van der Waals surface area contributed by atoms with Gasteiger partial charge in [0.1, 0.15) is 12.4 Å². The van der Waals surface area contributed by atoms with Gasteiger partial charge in [0.05, 0.1) is 30.2 Å². The van der Waals surface area contributed by atoms with Crippen LogP contribution in [0.2, 0.25) is 0 Å². The quantitative estimate of drug-likeness (QED) is 0.887. The predicted molar refractivity (Wildman–Crippen MR) is 85.0 cm³/mol. The van der Waals surface area contributed by atoms with Gasteiger partial charge in [-0.05, 0) is 31.9 Å². The molecule has 2 aromatic rings. The van der Waals surface area contributed by atoms with E-state index in [2.05, 4.69) is 10.3 Å². The highest BCUT2D eigenvalue weighted by Gasteiger charge is 2.21. The van der Waals surface area contributed by atoms with E-state index in [1.165, 1.54) is 6.26 Å². The molecular weight excluding hydrogens is 296 g/mol. The van der Waals surface area contributed by atoms with E-state index in [0.29, 0.717) is 18.2 Å². The first-order valence-electron chi connectivity index (χ1n) is 7.77. The van der Waals surface area contributed by atoms with Crippen molar-refractivity contribution in [1.82, 2.24) is 4.98 Å². The molecule has 2 atom stereocenters. The minimum atomic E-state index is -0.559. The second-order valence-electron chi connectivity index (χ2n) is 5.48. The zero-order valence-electron chi connectivity index (χ0n) is 13.0. The van der Waals surface area contributed by atoms with E-state index in [1.54, 1.807) is 13.1 Å². The number of hydrogen-bond acceptors (Lipinski definition) is 5. The largest absolute Gasteiger partial charge is 0.444 e. The highest BCUT2D eigenvalue weighted by Crippen LogP contribution is 2.26. The van der Waals surface area contributed by atoms with Crippen LogP contribution in [0, 0.1) is 0 Å². The van der Waals surface area contributed by atoms with E-state index in [1.807, 2.05) is 24.3 Å². The topological polar surface area (TPSA) is 73.6 Å². The summed E-state index contributed by atoms with van der Waals surface area (Å²) in [6.07, 6.45) is 4.66. The molecule has 0 aliphatic carbocycles. The Labute approximate surface area is 134 Å². The van der Waals surface area contributed by atoms with E-state index < -0.39 is 6.10 Å². The molecule has 122 valence electrons. The Morgan fingerprint density at radius 1 is 1.48 bits per heavy atom. The van der Waals surface area contributed by atoms with Crippen LogP contribution in [0.1, 0.15) is 19.8 Å². The first kappa shape index (κ1) is 15.7. The second-order valence-corrected chi connectivity index (χ2v) is 5.48. The van der Waals surface area contributed by atoms with Crippen LogP contribution < -0.4 is 5.32 Å². The molecule has 0 spiro atoms. The smallest absolute Gasteiger partial charge is 0.253 e. The van der Waals surface area contributed by atoms with E-state index in [9.17, 15) is 4.79 Å². The molecule has 2 unspecified atom stereocenters. The van der Waals surface area contributed by atoms with Crippen LogP contribution in [0.4, 0.5) is 5.69 Å². The Bertz CT molecular complexity index is 636. The number of nitrogens with zero attached hydrogens (tertiary/aromatic N) is 1. The Morgan fingerprint density at radius 2 is 2.35 bits per heavy atom. The van der Waals surface area contributed by atoms with E-state index >= 15 is 0 Å². The zero-order chi connectivity index (χ0) is 16.1. The van der Waals surface area contributed by atoms with Crippen molar-refractivity contribution in [2.24, 2.45) is 0 Å². The Balaban J connectivity index is 1.61. The number of carbonyl (C=O) groups is 1. The van der Waals surface area contributed by atoms with Gasteiger partial charge >= 0.3 is 0 Å². The third kappa shape index (κ3) is 3.97. The highest BCUT2D eigenvalue weighted by atomic mass is 16.5. The first-order chi connectivity index (χ1) is 11.2. The van der Waals surface area contributed by atoms with Gasteiger partial charge in [-0.2, -0.15) is 0 Å². The third-order valence-corrected chi connectivity index (χ3v) is 3.77. The van der Waals surface area contributed by atoms with Gasteiger partial charge < -0.3 is 19.2 Å². The molecule has 23 heavy (non-hydrogen) atoms. The van der Waals surface area contributed by atoms with Crippen LogP contribution in [-0.4, -0.2) is 36.3 Å². The lowest BCUT2D eigenvalue weighted by molar-refractivity contribution is -0.128. The number of hydrogen-bond donors (Lipinski definition) is 1. The SMILES string of the molecule is CC(OCC1CCCO1)C(=O)Nc1ccccc1-c1ncco1. The van der Waals surface area contributed by atoms with Gasteiger partial charge in [0.25, 0.3) is 5.91 Å². The molecule has 3 rings (SSSR count). The molecule has 2 heterocycles. The van der Waals surface area contributed by atoms with Crippen LogP contribution in [-0.2, 0) is 14.3 Å². The van der Waals surface area contributed by atoms with Crippen LogP contribution >= 0.6 is 0 Å². The summed E-state index contributed by atoms with van der Waals surface area (Å²) in [5, 5.41) is 2.87. The number of para-hydroxylation sites is 1. The van der Waals surface area contributed by atoms with Crippen molar-refractivity contribution in [2.45, 2.75) is 32.0 Å². The van der Waals surface area contributed by atoms with Crippen molar-refractivity contribution in [2.75, 3.05) is 18.5 Å². The number of oxazole rings is 1. The summed E-state index contributed by atoms with van der Waals surface area (Å²) in [5.74, 6) is 0.260. The fraction of sp³-hybridized carbons (Fsp3) is 0.412. The molecule has 0 radical (unpaired) electrons. The van der Waals surface area contributed by atoms with Crippen molar-refractivity contribution in [1.29, 1.82) is 0 Å². The molecule has 6 nitrogen and oxygen atoms in total. The Hall–Kier alpha value is -2.18. The first-order valence-corrected chi connectivity index (χ1v) is 7.77. The number of anilines is 1. The number of amides is 1. The summed E-state index contributed by atoms with van der Waals surface area (Å²) >= 11 is 0. The molecule has 0 bridgehead atoms. The van der Waals surface area contributed by atoms with Crippen LogP contribution in [0.3, 0.4) is 0 Å². The Kier molecular flexibility index (Phi) is 5.05. The maximum atomic E-state index is 12.3. The molecule has 6 heteroatoms. The van der Waals surface area contributed by atoms with Gasteiger partial charge in [-0.25, -0.2) is 4.98 Å². The minimum absolute atomic E-state index is 0.102. The number of nitrogens with one attached hydrogen (secondary N) is 1. The monoisotopic (exact) mass is 316 g/mol. The zero-order valence-corrected chi connectivity index (χ0v) is 13.0. The lowest BCUT2D eigenvalue weighted by Crippen LogP contribution is -2.30. The van der Waals surface area contributed by atoms with Crippen molar-refractivity contribution >= 4 is 11.6 Å². The van der Waals surface area contributed by atoms with Gasteiger partial charge in [0.2, 0.25) is 5.89 Å². The number of aromatic nitrogens is 1. The Morgan fingerprint density at radius 3 is 3.09 bits per heavy atom. The molecule has 1 N–H and O–H groups in total. The van der Waals surface area contributed by atoms with Crippen molar-refractivity contribution < 1.29 is 18.7 Å². The standard InChI is InChI=1S/C17H20N2O4/c1-12(23-11-13-5-4-9-21-13)16(20)19-15-7-3-2-6-14(15)17-18-8-10-22-17/h2-3,6-8,10,12-13H,4-5,9,11H2,1H3,(H,19,20). The normalized spacial score (nSPS) is 18.7.